The molecular weight excluding hydrogens is 287 g/mol. The summed E-state index contributed by atoms with van der Waals surface area (Å²) in [4.78, 5) is 10.1. The molecule has 84 valence electrons. The molecule has 0 amide bonds. The van der Waals surface area contributed by atoms with Gasteiger partial charge >= 0.3 is 5.69 Å². The van der Waals surface area contributed by atoms with Crippen molar-refractivity contribution in [1.29, 1.82) is 0 Å². The van der Waals surface area contributed by atoms with E-state index in [-0.39, 0.29) is 30.5 Å². The first-order valence-electron chi connectivity index (χ1n) is 3.92. The van der Waals surface area contributed by atoms with Crippen molar-refractivity contribution in [2.24, 2.45) is 5.73 Å². The lowest BCUT2D eigenvalue weighted by Gasteiger charge is -2.04. The Morgan fingerprint density at radius 3 is 2.73 bits per heavy atom. The van der Waals surface area contributed by atoms with Crippen molar-refractivity contribution in [1.82, 2.24) is 0 Å². The van der Waals surface area contributed by atoms with Crippen LogP contribution in [0.1, 0.15) is 0 Å². The standard InChI is InChI=1S/C8H9BrN2O3.ClH/c9-6-1-2-8(14-4-3-10)7(5-6)11(12)13;/h1-2,5H,3-4,10H2;1H. The molecular formula is C8H10BrClN2O3. The molecule has 1 rings (SSSR count). The summed E-state index contributed by atoms with van der Waals surface area (Å²) in [5.74, 6) is 0.239. The van der Waals surface area contributed by atoms with Crippen LogP contribution in [0.2, 0.25) is 0 Å². The zero-order valence-corrected chi connectivity index (χ0v) is 10.1. The minimum Gasteiger partial charge on any atom is -0.485 e. The summed E-state index contributed by atoms with van der Waals surface area (Å²) in [6.45, 7) is 0.593. The van der Waals surface area contributed by atoms with E-state index in [2.05, 4.69) is 15.9 Å². The van der Waals surface area contributed by atoms with Gasteiger partial charge in [0.1, 0.15) is 6.61 Å². The summed E-state index contributed by atoms with van der Waals surface area (Å²) in [5.41, 5.74) is 5.17. The van der Waals surface area contributed by atoms with Crippen LogP contribution in [0.15, 0.2) is 22.7 Å². The number of hydrogen-bond acceptors (Lipinski definition) is 4. The van der Waals surface area contributed by atoms with Gasteiger partial charge in [0.25, 0.3) is 0 Å². The Balaban J connectivity index is 0.00000196. The zero-order chi connectivity index (χ0) is 10.6. The number of hydrogen-bond donors (Lipinski definition) is 1. The van der Waals surface area contributed by atoms with Crippen LogP contribution in [0, 0.1) is 10.1 Å². The summed E-state index contributed by atoms with van der Waals surface area (Å²) in [7, 11) is 0. The Bertz CT molecular complexity index is 349. The van der Waals surface area contributed by atoms with Gasteiger partial charge in [-0.2, -0.15) is 0 Å². The summed E-state index contributed by atoms with van der Waals surface area (Å²) in [6, 6.07) is 4.61. The number of benzene rings is 1. The van der Waals surface area contributed by atoms with Crippen molar-refractivity contribution < 1.29 is 9.66 Å². The fourth-order valence-corrected chi connectivity index (χ4v) is 1.27. The van der Waals surface area contributed by atoms with Crippen LogP contribution in [0.4, 0.5) is 5.69 Å². The monoisotopic (exact) mass is 296 g/mol. The maximum Gasteiger partial charge on any atom is 0.312 e. The van der Waals surface area contributed by atoms with Crippen molar-refractivity contribution in [2.45, 2.75) is 0 Å². The molecule has 1 aromatic rings. The average molecular weight is 298 g/mol. The highest BCUT2D eigenvalue weighted by molar-refractivity contribution is 9.10. The Hall–Kier alpha value is -0.850. The molecule has 0 saturated heterocycles. The third-order valence-corrected chi connectivity index (χ3v) is 1.99. The van der Waals surface area contributed by atoms with E-state index in [4.69, 9.17) is 10.5 Å². The lowest BCUT2D eigenvalue weighted by molar-refractivity contribution is -0.385. The Kier molecular flexibility index (Phi) is 6.23. The summed E-state index contributed by atoms with van der Waals surface area (Å²) in [5, 5.41) is 10.6. The molecule has 0 heterocycles. The Labute approximate surface area is 101 Å². The number of nitro groups is 1. The first kappa shape index (κ1) is 14.2. The van der Waals surface area contributed by atoms with Gasteiger partial charge in [0.05, 0.1) is 4.92 Å². The summed E-state index contributed by atoms with van der Waals surface area (Å²) >= 11 is 3.15. The molecule has 2 N–H and O–H groups in total. The van der Waals surface area contributed by atoms with E-state index in [0.717, 1.165) is 0 Å². The van der Waals surface area contributed by atoms with Crippen molar-refractivity contribution in [3.05, 3.63) is 32.8 Å². The maximum atomic E-state index is 10.6. The van der Waals surface area contributed by atoms with Gasteiger partial charge in [-0.05, 0) is 12.1 Å². The minimum atomic E-state index is -0.489. The minimum absolute atomic E-state index is 0. The van der Waals surface area contributed by atoms with Crippen LogP contribution in [0.3, 0.4) is 0 Å². The van der Waals surface area contributed by atoms with Gasteiger partial charge < -0.3 is 10.5 Å². The maximum absolute atomic E-state index is 10.6. The van der Waals surface area contributed by atoms with Crippen molar-refractivity contribution in [3.63, 3.8) is 0 Å². The smallest absolute Gasteiger partial charge is 0.312 e. The van der Waals surface area contributed by atoms with Gasteiger partial charge in [0.15, 0.2) is 5.75 Å². The predicted molar refractivity (Wildman–Crippen MR) is 62.6 cm³/mol. The van der Waals surface area contributed by atoms with Gasteiger partial charge in [-0.1, -0.05) is 15.9 Å². The van der Waals surface area contributed by atoms with Crippen LogP contribution in [-0.4, -0.2) is 18.1 Å². The molecule has 0 aromatic heterocycles. The third-order valence-electron chi connectivity index (χ3n) is 1.49. The molecule has 0 unspecified atom stereocenters. The molecule has 7 heteroatoms. The molecule has 0 aliphatic rings. The lowest BCUT2D eigenvalue weighted by Crippen LogP contribution is -2.11. The second-order valence-corrected chi connectivity index (χ2v) is 3.42. The molecule has 1 aromatic carbocycles. The number of nitrogens with two attached hydrogens (primary N) is 1. The highest BCUT2D eigenvalue weighted by Gasteiger charge is 2.14. The van der Waals surface area contributed by atoms with E-state index in [1.807, 2.05) is 0 Å². The highest BCUT2D eigenvalue weighted by atomic mass is 79.9. The topological polar surface area (TPSA) is 78.4 Å². The molecule has 0 aliphatic carbocycles. The molecule has 0 atom stereocenters. The normalized spacial score (nSPS) is 9.20. The molecule has 0 aliphatic heterocycles. The van der Waals surface area contributed by atoms with Crippen LogP contribution in [0.5, 0.6) is 5.75 Å². The summed E-state index contributed by atoms with van der Waals surface area (Å²) in [6.07, 6.45) is 0. The highest BCUT2D eigenvalue weighted by Crippen LogP contribution is 2.29. The average Bonchev–Trinajstić information content (AvgIpc) is 2.15. The van der Waals surface area contributed by atoms with Crippen molar-refractivity contribution in [3.8, 4) is 5.75 Å². The largest absolute Gasteiger partial charge is 0.485 e. The predicted octanol–water partition coefficient (Wildman–Crippen LogP) is 2.12. The van der Waals surface area contributed by atoms with E-state index in [9.17, 15) is 10.1 Å². The number of rotatable bonds is 4. The molecule has 15 heavy (non-hydrogen) atoms. The number of nitrogens with zero attached hydrogens (tertiary/aromatic N) is 1. The molecule has 0 spiro atoms. The van der Waals surface area contributed by atoms with Crippen molar-refractivity contribution in [2.75, 3.05) is 13.2 Å². The first-order valence-corrected chi connectivity index (χ1v) is 4.71. The molecule has 0 radical (unpaired) electrons. The van der Waals surface area contributed by atoms with E-state index >= 15 is 0 Å². The van der Waals surface area contributed by atoms with E-state index < -0.39 is 4.92 Å². The van der Waals surface area contributed by atoms with Gasteiger partial charge in [0, 0.05) is 17.1 Å². The SMILES string of the molecule is Cl.NCCOc1ccc(Br)cc1[N+](=O)[O-]. The molecule has 0 bridgehead atoms. The first-order chi connectivity index (χ1) is 6.65. The number of nitro benzene ring substituents is 1. The fourth-order valence-electron chi connectivity index (χ4n) is 0.924. The quantitative estimate of drug-likeness (QED) is 0.682. The van der Waals surface area contributed by atoms with Crippen LogP contribution >= 0.6 is 28.3 Å². The van der Waals surface area contributed by atoms with Gasteiger partial charge in [0.2, 0.25) is 0 Å². The molecule has 0 saturated carbocycles. The number of halogens is 2. The van der Waals surface area contributed by atoms with Crippen LogP contribution in [0.25, 0.3) is 0 Å². The van der Waals surface area contributed by atoms with Gasteiger partial charge in [-0.3, -0.25) is 10.1 Å². The Morgan fingerprint density at radius 1 is 1.53 bits per heavy atom. The van der Waals surface area contributed by atoms with Crippen LogP contribution < -0.4 is 10.5 Å². The third kappa shape index (κ3) is 4.03. The second-order valence-electron chi connectivity index (χ2n) is 2.51. The zero-order valence-electron chi connectivity index (χ0n) is 7.68. The summed E-state index contributed by atoms with van der Waals surface area (Å²) < 4.78 is 5.76. The van der Waals surface area contributed by atoms with Gasteiger partial charge in [-0.25, -0.2) is 0 Å². The molecule has 0 fully saturated rings. The lowest BCUT2D eigenvalue weighted by atomic mass is 10.3. The van der Waals surface area contributed by atoms with E-state index in [1.54, 1.807) is 6.07 Å². The Morgan fingerprint density at radius 2 is 2.20 bits per heavy atom. The number of ether oxygens (including phenoxy) is 1. The fraction of sp³-hybridized carbons (Fsp3) is 0.250. The van der Waals surface area contributed by atoms with Crippen LogP contribution in [-0.2, 0) is 0 Å². The van der Waals surface area contributed by atoms with Gasteiger partial charge in [-0.15, -0.1) is 12.4 Å². The molecule has 5 nitrogen and oxygen atoms in total. The van der Waals surface area contributed by atoms with E-state index in [0.29, 0.717) is 11.0 Å². The van der Waals surface area contributed by atoms with E-state index in [1.165, 1.54) is 12.1 Å². The second kappa shape index (κ2) is 6.60. The van der Waals surface area contributed by atoms with Crippen molar-refractivity contribution >= 4 is 34.0 Å².